The first-order valence-electron chi connectivity index (χ1n) is 13.7. The van der Waals surface area contributed by atoms with Crippen LogP contribution in [-0.2, 0) is 0 Å². The first kappa shape index (κ1) is 27.6. The molecule has 8 heteroatoms. The lowest BCUT2D eigenvalue weighted by Crippen LogP contribution is -2.52. The third kappa shape index (κ3) is 6.92. The van der Waals surface area contributed by atoms with Crippen LogP contribution in [0.5, 0.6) is 5.88 Å². The van der Waals surface area contributed by atoms with Gasteiger partial charge in [0.2, 0.25) is 5.88 Å². The minimum Gasteiger partial charge on any atom is -0.472 e. The lowest BCUT2D eigenvalue weighted by molar-refractivity contribution is 0.0351. The average molecular weight is 521 g/mol. The Morgan fingerprint density at radius 3 is 2.63 bits per heavy atom. The van der Waals surface area contributed by atoms with Crippen molar-refractivity contribution in [1.29, 1.82) is 0 Å². The van der Waals surface area contributed by atoms with Gasteiger partial charge in [0.25, 0.3) is 5.91 Å². The van der Waals surface area contributed by atoms with Gasteiger partial charge in [-0.3, -0.25) is 4.79 Å². The van der Waals surface area contributed by atoms with Gasteiger partial charge in [0.1, 0.15) is 11.7 Å². The van der Waals surface area contributed by atoms with Crippen LogP contribution in [0.2, 0.25) is 0 Å². The smallest absolute Gasteiger partial charge is 0.317 e. The number of ether oxygens (including phenoxy) is 1. The molecule has 1 aromatic heterocycles. The highest BCUT2D eigenvalue weighted by Gasteiger charge is 2.35. The fourth-order valence-electron chi connectivity index (χ4n) is 5.07. The number of carbonyl (C=O) groups excluding carboxylic acids is 2. The van der Waals surface area contributed by atoms with Gasteiger partial charge in [0.15, 0.2) is 0 Å². The van der Waals surface area contributed by atoms with Crippen LogP contribution in [-0.4, -0.2) is 76.8 Å². The van der Waals surface area contributed by atoms with Crippen LogP contribution in [0.25, 0.3) is 12.2 Å². The van der Waals surface area contributed by atoms with Crippen LogP contribution in [0.3, 0.4) is 0 Å². The molecule has 0 radical (unpaired) electrons. The molecule has 1 aromatic carbocycles. The van der Waals surface area contributed by atoms with Crippen LogP contribution < -0.4 is 10.1 Å². The van der Waals surface area contributed by atoms with Crippen molar-refractivity contribution in [2.45, 2.75) is 64.1 Å². The van der Waals surface area contributed by atoms with Gasteiger partial charge >= 0.3 is 6.03 Å². The lowest BCUT2D eigenvalue weighted by Gasteiger charge is -2.38. The van der Waals surface area contributed by atoms with Crippen LogP contribution in [0.15, 0.2) is 42.6 Å². The second-order valence-corrected chi connectivity index (χ2v) is 10.7. The molecule has 1 fully saturated rings. The Hall–Kier alpha value is -3.39. The van der Waals surface area contributed by atoms with Crippen molar-refractivity contribution in [2.24, 2.45) is 5.92 Å². The summed E-state index contributed by atoms with van der Waals surface area (Å²) in [6.45, 7) is 4.44. The van der Waals surface area contributed by atoms with E-state index >= 15 is 0 Å². The molecule has 0 unspecified atom stereocenters. The Balaban J connectivity index is 1.56. The number of fused-ring (bicyclic) bond motifs is 1. The molecule has 0 saturated heterocycles. The Labute approximate surface area is 225 Å². The van der Waals surface area contributed by atoms with Gasteiger partial charge in [-0.25, -0.2) is 9.78 Å². The molecule has 2 aromatic rings. The zero-order chi connectivity index (χ0) is 27.1. The third-order valence-electron chi connectivity index (χ3n) is 7.54. The number of urea groups is 1. The Morgan fingerprint density at radius 2 is 1.92 bits per heavy atom. The van der Waals surface area contributed by atoms with Gasteiger partial charge < -0.3 is 25.0 Å². The highest BCUT2D eigenvalue weighted by molar-refractivity contribution is 5.97. The normalized spacial score (nSPS) is 21.3. The predicted molar refractivity (Wildman–Crippen MR) is 149 cm³/mol. The van der Waals surface area contributed by atoms with Crippen LogP contribution in [0.4, 0.5) is 4.79 Å². The van der Waals surface area contributed by atoms with E-state index in [9.17, 15) is 14.7 Å². The van der Waals surface area contributed by atoms with Crippen molar-refractivity contribution in [3.63, 3.8) is 0 Å². The summed E-state index contributed by atoms with van der Waals surface area (Å²) in [4.78, 5) is 34.4. The first-order valence-corrected chi connectivity index (χ1v) is 13.7. The van der Waals surface area contributed by atoms with E-state index in [1.807, 2.05) is 56.3 Å². The maximum absolute atomic E-state index is 13.6. The third-order valence-corrected chi connectivity index (χ3v) is 7.54. The van der Waals surface area contributed by atoms with Crippen molar-refractivity contribution < 1.29 is 19.4 Å². The molecule has 4 rings (SSSR count). The van der Waals surface area contributed by atoms with Crippen molar-refractivity contribution in [1.82, 2.24) is 20.1 Å². The first-order chi connectivity index (χ1) is 18.4. The maximum atomic E-state index is 13.6. The summed E-state index contributed by atoms with van der Waals surface area (Å²) in [7, 11) is 1.78. The summed E-state index contributed by atoms with van der Waals surface area (Å²) in [6, 6.07) is 11.4. The number of hydrogen-bond donors (Lipinski definition) is 2. The van der Waals surface area contributed by atoms with E-state index in [4.69, 9.17) is 4.74 Å². The van der Waals surface area contributed by atoms with Crippen molar-refractivity contribution in [3.05, 3.63) is 59.3 Å². The Morgan fingerprint density at radius 1 is 1.21 bits per heavy atom. The van der Waals surface area contributed by atoms with Crippen molar-refractivity contribution >= 4 is 24.1 Å². The number of aliphatic hydroxyl groups excluding tert-OH is 1. The van der Waals surface area contributed by atoms with E-state index < -0.39 is 0 Å². The molecular formula is C30H40N4O4. The van der Waals surface area contributed by atoms with E-state index in [0.717, 1.165) is 36.8 Å². The molecular weight excluding hydrogens is 480 g/mol. The number of likely N-dealkylation sites (N-methyl/N-ethyl adjacent to an activating group) is 1. The largest absolute Gasteiger partial charge is 0.472 e. The minimum atomic E-state index is -0.379. The number of nitrogens with one attached hydrogen (secondary N) is 1. The summed E-state index contributed by atoms with van der Waals surface area (Å²) in [5.41, 5.74) is 2.17. The second kappa shape index (κ2) is 12.9. The Kier molecular flexibility index (Phi) is 9.39. The highest BCUT2D eigenvalue weighted by Crippen LogP contribution is 2.28. The topological polar surface area (TPSA) is 95.0 Å². The number of pyridine rings is 1. The average Bonchev–Trinajstić information content (AvgIpc) is 2.94. The summed E-state index contributed by atoms with van der Waals surface area (Å²) in [5, 5.41) is 13.1. The monoisotopic (exact) mass is 520 g/mol. The fourth-order valence-corrected chi connectivity index (χ4v) is 5.07. The predicted octanol–water partition coefficient (Wildman–Crippen LogP) is 4.45. The van der Waals surface area contributed by atoms with E-state index in [-0.39, 0.29) is 48.5 Å². The summed E-state index contributed by atoms with van der Waals surface area (Å²) >= 11 is 0. The fraction of sp³-hybridized carbons (Fsp3) is 0.500. The molecule has 0 spiro atoms. The number of nitrogens with zero attached hydrogens (tertiary/aromatic N) is 3. The van der Waals surface area contributed by atoms with Crippen LogP contribution in [0, 0.1) is 5.92 Å². The van der Waals surface area contributed by atoms with Gasteiger partial charge in [-0.05, 0) is 37.0 Å². The Bertz CT molecular complexity index is 1120. The number of carbonyl (C=O) groups is 2. The standard InChI is InChI=1S/C30H40N4O4/c1-21-18-34(22(2)20-35)29(36)26-16-24(15-14-23-10-6-4-7-11-23)17-31-28(26)38-27(21)19-33(3)30(37)32-25-12-8-5-9-13-25/h4,6-7,10-11,14-17,21-22,25,27,35H,5,8-9,12-13,18-20H2,1-3H3,(H,32,37)/t21-,22+,27+/m0/s1. The molecule has 1 aliphatic heterocycles. The molecule has 2 heterocycles. The lowest BCUT2D eigenvalue weighted by atomic mass is 9.96. The molecule has 1 saturated carbocycles. The van der Waals surface area contributed by atoms with Gasteiger partial charge in [0.05, 0.1) is 19.2 Å². The van der Waals surface area contributed by atoms with Gasteiger partial charge in [-0.2, -0.15) is 0 Å². The van der Waals surface area contributed by atoms with E-state index in [1.165, 1.54) is 6.42 Å². The van der Waals surface area contributed by atoms with Crippen LogP contribution >= 0.6 is 0 Å². The molecule has 2 aliphatic rings. The van der Waals surface area contributed by atoms with Gasteiger partial charge in [-0.15, -0.1) is 0 Å². The van der Waals surface area contributed by atoms with Crippen molar-refractivity contribution in [3.8, 4) is 5.88 Å². The molecule has 204 valence electrons. The molecule has 1 aliphatic carbocycles. The maximum Gasteiger partial charge on any atom is 0.317 e. The number of aliphatic hydroxyl groups is 1. The SMILES string of the molecule is C[C@H](CO)N1C[C@H](C)[C@@H](CN(C)C(=O)NC2CCCCC2)Oc2ncc(C=Cc3ccccc3)cc2C1=O. The molecule has 2 N–H and O–H groups in total. The van der Waals surface area contributed by atoms with Gasteiger partial charge in [-0.1, -0.05) is 68.7 Å². The molecule has 8 nitrogen and oxygen atoms in total. The van der Waals surface area contributed by atoms with Gasteiger partial charge in [0, 0.05) is 31.7 Å². The number of aromatic nitrogens is 1. The summed E-state index contributed by atoms with van der Waals surface area (Å²) in [6.07, 6.45) is 10.8. The second-order valence-electron chi connectivity index (χ2n) is 10.7. The number of benzene rings is 1. The van der Waals surface area contributed by atoms with E-state index in [1.54, 1.807) is 29.1 Å². The number of amides is 3. The zero-order valence-electron chi connectivity index (χ0n) is 22.7. The van der Waals surface area contributed by atoms with E-state index in [0.29, 0.717) is 18.7 Å². The molecule has 0 bridgehead atoms. The number of rotatable bonds is 7. The molecule has 38 heavy (non-hydrogen) atoms. The number of hydrogen-bond acceptors (Lipinski definition) is 5. The minimum absolute atomic E-state index is 0.0921. The highest BCUT2D eigenvalue weighted by atomic mass is 16.5. The molecule has 3 amide bonds. The van der Waals surface area contributed by atoms with E-state index in [2.05, 4.69) is 10.3 Å². The van der Waals surface area contributed by atoms with Crippen LogP contribution in [0.1, 0.15) is 67.4 Å². The zero-order valence-corrected chi connectivity index (χ0v) is 22.7. The van der Waals surface area contributed by atoms with Crippen molar-refractivity contribution in [2.75, 3.05) is 26.7 Å². The summed E-state index contributed by atoms with van der Waals surface area (Å²) in [5.74, 6) is -0.0668. The quantitative estimate of drug-likeness (QED) is 0.563. The molecule has 3 atom stereocenters. The summed E-state index contributed by atoms with van der Waals surface area (Å²) < 4.78 is 6.34.